The maximum Gasteiger partial charge on any atom is 0.254 e. The van der Waals surface area contributed by atoms with Crippen LogP contribution in [0.4, 0.5) is 0 Å². The molecule has 2 aromatic rings. The van der Waals surface area contributed by atoms with Gasteiger partial charge in [0.05, 0.1) is 0 Å². The van der Waals surface area contributed by atoms with Gasteiger partial charge in [0.25, 0.3) is 5.91 Å². The van der Waals surface area contributed by atoms with Crippen molar-refractivity contribution in [3.63, 3.8) is 0 Å². The van der Waals surface area contributed by atoms with Gasteiger partial charge in [0.2, 0.25) is 0 Å². The minimum absolute atomic E-state index is 0.153. The highest BCUT2D eigenvalue weighted by atomic mass is 16.2. The van der Waals surface area contributed by atoms with E-state index < -0.39 is 0 Å². The summed E-state index contributed by atoms with van der Waals surface area (Å²) in [4.78, 5) is 14.7. The molecule has 0 atom stereocenters. The molecule has 2 nitrogen and oxygen atoms in total. The van der Waals surface area contributed by atoms with Crippen LogP contribution in [0.3, 0.4) is 0 Å². The van der Waals surface area contributed by atoms with Gasteiger partial charge in [0.15, 0.2) is 0 Å². The molecule has 1 heterocycles. The van der Waals surface area contributed by atoms with Crippen LogP contribution in [-0.2, 0) is 13.0 Å². The van der Waals surface area contributed by atoms with E-state index >= 15 is 0 Å². The summed E-state index contributed by atoms with van der Waals surface area (Å²) in [6.45, 7) is 5.57. The maximum absolute atomic E-state index is 12.7. The Kier molecular flexibility index (Phi) is 3.31. The molecule has 0 saturated heterocycles. The minimum atomic E-state index is 0.153. The largest absolute Gasteiger partial charge is 0.334 e. The number of aryl methyl sites for hydroxylation is 2. The molecule has 20 heavy (non-hydrogen) atoms. The predicted molar refractivity (Wildman–Crippen MR) is 80.8 cm³/mol. The van der Waals surface area contributed by atoms with Gasteiger partial charge in [-0.2, -0.15) is 0 Å². The van der Waals surface area contributed by atoms with Crippen LogP contribution in [0.5, 0.6) is 0 Å². The number of rotatable bonds is 1. The normalized spacial score (nSPS) is 14.0. The molecule has 1 aliphatic rings. The quantitative estimate of drug-likeness (QED) is 0.772. The fraction of sp³-hybridized carbons (Fsp3) is 0.278. The van der Waals surface area contributed by atoms with E-state index in [-0.39, 0.29) is 5.91 Å². The molecular formula is C18H19NO. The van der Waals surface area contributed by atoms with Crippen LogP contribution >= 0.6 is 0 Å². The summed E-state index contributed by atoms with van der Waals surface area (Å²) in [5, 5.41) is 0. The lowest BCUT2D eigenvalue weighted by Crippen LogP contribution is -2.36. The lowest BCUT2D eigenvalue weighted by atomic mass is 9.98. The van der Waals surface area contributed by atoms with Crippen LogP contribution in [0, 0.1) is 13.8 Å². The van der Waals surface area contributed by atoms with Gasteiger partial charge >= 0.3 is 0 Å². The highest BCUT2D eigenvalue weighted by Crippen LogP contribution is 2.21. The van der Waals surface area contributed by atoms with Crippen molar-refractivity contribution in [2.45, 2.75) is 26.8 Å². The van der Waals surface area contributed by atoms with Crippen molar-refractivity contribution in [1.29, 1.82) is 0 Å². The third-order valence-electron chi connectivity index (χ3n) is 4.04. The third kappa shape index (κ3) is 2.34. The van der Waals surface area contributed by atoms with Crippen molar-refractivity contribution in [3.05, 3.63) is 70.3 Å². The van der Waals surface area contributed by atoms with Crippen LogP contribution < -0.4 is 0 Å². The first kappa shape index (κ1) is 12.9. The zero-order chi connectivity index (χ0) is 14.1. The van der Waals surface area contributed by atoms with Gasteiger partial charge in [-0.05, 0) is 43.0 Å². The molecule has 0 bridgehead atoms. The van der Waals surface area contributed by atoms with Crippen LogP contribution in [0.2, 0.25) is 0 Å². The van der Waals surface area contributed by atoms with Gasteiger partial charge in [-0.15, -0.1) is 0 Å². The van der Waals surface area contributed by atoms with Crippen LogP contribution in [0.15, 0.2) is 42.5 Å². The van der Waals surface area contributed by atoms with Crippen molar-refractivity contribution < 1.29 is 4.79 Å². The second-order valence-corrected chi connectivity index (χ2v) is 5.56. The first-order valence-corrected chi connectivity index (χ1v) is 7.08. The first-order chi connectivity index (χ1) is 9.65. The average molecular weight is 265 g/mol. The summed E-state index contributed by atoms with van der Waals surface area (Å²) in [5.74, 6) is 0.153. The first-order valence-electron chi connectivity index (χ1n) is 7.08. The Hall–Kier alpha value is -2.09. The monoisotopic (exact) mass is 265 g/mol. The molecule has 3 rings (SSSR count). The van der Waals surface area contributed by atoms with Gasteiger partial charge in [-0.25, -0.2) is 0 Å². The maximum atomic E-state index is 12.7. The number of hydrogen-bond acceptors (Lipinski definition) is 1. The van der Waals surface area contributed by atoms with E-state index in [2.05, 4.69) is 24.3 Å². The lowest BCUT2D eigenvalue weighted by molar-refractivity contribution is 0.0734. The van der Waals surface area contributed by atoms with E-state index in [4.69, 9.17) is 0 Å². The van der Waals surface area contributed by atoms with E-state index in [9.17, 15) is 4.79 Å². The second-order valence-electron chi connectivity index (χ2n) is 5.56. The Morgan fingerprint density at radius 3 is 2.60 bits per heavy atom. The molecule has 102 valence electrons. The second kappa shape index (κ2) is 5.12. The van der Waals surface area contributed by atoms with Gasteiger partial charge in [-0.3, -0.25) is 4.79 Å². The number of amides is 1. The van der Waals surface area contributed by atoms with Crippen molar-refractivity contribution >= 4 is 5.91 Å². The van der Waals surface area contributed by atoms with Crippen molar-refractivity contribution in [3.8, 4) is 0 Å². The SMILES string of the molecule is Cc1ccc(C)c(C(=O)N2CCc3ccccc3C2)c1. The molecule has 2 heteroatoms. The molecule has 0 aliphatic carbocycles. The fourth-order valence-corrected chi connectivity index (χ4v) is 2.81. The highest BCUT2D eigenvalue weighted by Gasteiger charge is 2.22. The van der Waals surface area contributed by atoms with E-state index in [0.717, 1.165) is 36.2 Å². The summed E-state index contributed by atoms with van der Waals surface area (Å²) < 4.78 is 0. The molecule has 0 aromatic heterocycles. The highest BCUT2D eigenvalue weighted by molar-refractivity contribution is 5.96. The molecular weight excluding hydrogens is 246 g/mol. The van der Waals surface area contributed by atoms with E-state index in [1.165, 1.54) is 11.1 Å². The number of carbonyl (C=O) groups excluding carboxylic acids is 1. The Morgan fingerprint density at radius 1 is 1.05 bits per heavy atom. The summed E-state index contributed by atoms with van der Waals surface area (Å²) in [5.41, 5.74) is 5.68. The van der Waals surface area contributed by atoms with Gasteiger partial charge in [0, 0.05) is 18.7 Å². The van der Waals surface area contributed by atoms with Crippen LogP contribution in [0.25, 0.3) is 0 Å². The Balaban J connectivity index is 1.88. The fourth-order valence-electron chi connectivity index (χ4n) is 2.81. The van der Waals surface area contributed by atoms with Crippen molar-refractivity contribution in [1.82, 2.24) is 4.90 Å². The number of carbonyl (C=O) groups is 1. The smallest absolute Gasteiger partial charge is 0.254 e. The molecule has 0 saturated carbocycles. The Labute approximate surface area is 120 Å². The third-order valence-corrected chi connectivity index (χ3v) is 4.04. The van der Waals surface area contributed by atoms with Crippen molar-refractivity contribution in [2.75, 3.05) is 6.54 Å². The zero-order valence-electron chi connectivity index (χ0n) is 12.0. The molecule has 2 aromatic carbocycles. The number of nitrogens with zero attached hydrogens (tertiary/aromatic N) is 1. The summed E-state index contributed by atoms with van der Waals surface area (Å²) in [6.07, 6.45) is 0.951. The predicted octanol–water partition coefficient (Wildman–Crippen LogP) is 3.50. The summed E-state index contributed by atoms with van der Waals surface area (Å²) >= 11 is 0. The number of hydrogen-bond donors (Lipinski definition) is 0. The lowest BCUT2D eigenvalue weighted by Gasteiger charge is -2.29. The van der Waals surface area contributed by atoms with Gasteiger partial charge in [-0.1, -0.05) is 42.0 Å². The Bertz CT molecular complexity index is 660. The molecule has 0 radical (unpaired) electrons. The minimum Gasteiger partial charge on any atom is -0.334 e. The van der Waals surface area contributed by atoms with Gasteiger partial charge < -0.3 is 4.90 Å². The van der Waals surface area contributed by atoms with Crippen LogP contribution in [-0.4, -0.2) is 17.4 Å². The van der Waals surface area contributed by atoms with Crippen LogP contribution in [0.1, 0.15) is 32.6 Å². The average Bonchev–Trinajstić information content (AvgIpc) is 2.48. The zero-order valence-corrected chi connectivity index (χ0v) is 12.0. The molecule has 0 N–H and O–H groups in total. The number of benzene rings is 2. The standard InChI is InChI=1S/C18H19NO/c1-13-7-8-14(2)17(11-13)18(20)19-10-9-15-5-3-4-6-16(15)12-19/h3-8,11H,9-10,12H2,1-2H3. The number of fused-ring (bicyclic) bond motifs is 1. The molecule has 0 unspecified atom stereocenters. The molecule has 0 spiro atoms. The van der Waals surface area contributed by atoms with Crippen molar-refractivity contribution in [2.24, 2.45) is 0 Å². The Morgan fingerprint density at radius 2 is 1.80 bits per heavy atom. The van der Waals surface area contributed by atoms with E-state index in [1.807, 2.05) is 36.9 Å². The molecule has 1 aliphatic heterocycles. The topological polar surface area (TPSA) is 20.3 Å². The van der Waals surface area contributed by atoms with Gasteiger partial charge in [0.1, 0.15) is 0 Å². The molecule has 1 amide bonds. The summed E-state index contributed by atoms with van der Waals surface area (Å²) in [7, 11) is 0. The van der Waals surface area contributed by atoms with E-state index in [0.29, 0.717) is 0 Å². The molecule has 0 fully saturated rings. The summed E-state index contributed by atoms with van der Waals surface area (Å²) in [6, 6.07) is 14.5. The van der Waals surface area contributed by atoms with E-state index in [1.54, 1.807) is 0 Å².